The summed E-state index contributed by atoms with van der Waals surface area (Å²) in [5, 5.41) is 3.76. The molecular weight excluding hydrogens is 237 g/mol. The van der Waals surface area contributed by atoms with E-state index in [9.17, 15) is 4.39 Å². The van der Waals surface area contributed by atoms with E-state index in [2.05, 4.69) is 5.32 Å². The summed E-state index contributed by atoms with van der Waals surface area (Å²) in [6, 6.07) is 12.5. The SMILES string of the molecule is Cc1ccc(F)c(CNc2ccccc2Cl)c1. The first-order valence-corrected chi connectivity index (χ1v) is 5.78. The lowest BCUT2D eigenvalue weighted by molar-refractivity contribution is 0.612. The van der Waals surface area contributed by atoms with Crippen LogP contribution in [0.2, 0.25) is 5.02 Å². The van der Waals surface area contributed by atoms with E-state index in [0.29, 0.717) is 17.1 Å². The Morgan fingerprint density at radius 1 is 1.18 bits per heavy atom. The quantitative estimate of drug-likeness (QED) is 0.850. The predicted octanol–water partition coefficient (Wildman–Crippen LogP) is 4.40. The minimum Gasteiger partial charge on any atom is -0.380 e. The molecule has 0 amide bonds. The molecule has 0 saturated carbocycles. The third-order valence-electron chi connectivity index (χ3n) is 2.54. The Hall–Kier alpha value is -1.54. The Morgan fingerprint density at radius 3 is 2.71 bits per heavy atom. The number of rotatable bonds is 3. The first-order chi connectivity index (χ1) is 8.16. The Kier molecular flexibility index (Phi) is 3.64. The first-order valence-electron chi connectivity index (χ1n) is 5.40. The zero-order chi connectivity index (χ0) is 12.3. The van der Waals surface area contributed by atoms with Gasteiger partial charge in [-0.15, -0.1) is 0 Å². The fraction of sp³-hybridized carbons (Fsp3) is 0.143. The largest absolute Gasteiger partial charge is 0.380 e. The molecule has 0 fully saturated rings. The average Bonchev–Trinajstić information content (AvgIpc) is 2.32. The van der Waals surface area contributed by atoms with Crippen LogP contribution in [0.15, 0.2) is 42.5 Å². The minimum atomic E-state index is -0.199. The number of anilines is 1. The molecule has 88 valence electrons. The van der Waals surface area contributed by atoms with Crippen molar-refractivity contribution in [3.63, 3.8) is 0 Å². The van der Waals surface area contributed by atoms with Crippen LogP contribution in [0.3, 0.4) is 0 Å². The highest BCUT2D eigenvalue weighted by Crippen LogP contribution is 2.21. The lowest BCUT2D eigenvalue weighted by Crippen LogP contribution is -2.02. The average molecular weight is 250 g/mol. The Labute approximate surface area is 105 Å². The number of para-hydroxylation sites is 1. The van der Waals surface area contributed by atoms with Crippen molar-refractivity contribution >= 4 is 17.3 Å². The number of halogens is 2. The molecule has 0 unspecified atom stereocenters. The van der Waals surface area contributed by atoms with E-state index in [1.807, 2.05) is 31.2 Å². The molecule has 0 bridgehead atoms. The summed E-state index contributed by atoms with van der Waals surface area (Å²) in [6.07, 6.45) is 0. The number of nitrogens with one attached hydrogen (secondary N) is 1. The highest BCUT2D eigenvalue weighted by Gasteiger charge is 2.03. The van der Waals surface area contributed by atoms with E-state index in [0.717, 1.165) is 11.3 Å². The first kappa shape index (κ1) is 11.9. The van der Waals surface area contributed by atoms with Crippen molar-refractivity contribution in [1.82, 2.24) is 0 Å². The van der Waals surface area contributed by atoms with Crippen LogP contribution in [-0.4, -0.2) is 0 Å². The molecule has 0 aliphatic carbocycles. The normalized spacial score (nSPS) is 10.3. The van der Waals surface area contributed by atoms with Crippen molar-refractivity contribution < 1.29 is 4.39 Å². The summed E-state index contributed by atoms with van der Waals surface area (Å²) < 4.78 is 13.5. The molecule has 3 heteroatoms. The van der Waals surface area contributed by atoms with Gasteiger partial charge in [-0.2, -0.15) is 0 Å². The zero-order valence-corrected chi connectivity index (χ0v) is 10.3. The van der Waals surface area contributed by atoms with Gasteiger partial charge in [0.25, 0.3) is 0 Å². The van der Waals surface area contributed by atoms with Gasteiger partial charge in [-0.1, -0.05) is 41.4 Å². The van der Waals surface area contributed by atoms with Crippen molar-refractivity contribution in [2.24, 2.45) is 0 Å². The fourth-order valence-corrected chi connectivity index (χ4v) is 1.84. The molecule has 0 aliphatic heterocycles. The van der Waals surface area contributed by atoms with Crippen LogP contribution in [-0.2, 0) is 6.54 Å². The van der Waals surface area contributed by atoms with E-state index < -0.39 is 0 Å². The molecule has 0 radical (unpaired) electrons. The van der Waals surface area contributed by atoms with Gasteiger partial charge in [0.15, 0.2) is 0 Å². The molecule has 2 aromatic carbocycles. The zero-order valence-electron chi connectivity index (χ0n) is 9.50. The molecule has 0 heterocycles. The second kappa shape index (κ2) is 5.19. The van der Waals surface area contributed by atoms with Crippen molar-refractivity contribution in [2.75, 3.05) is 5.32 Å². The van der Waals surface area contributed by atoms with E-state index >= 15 is 0 Å². The van der Waals surface area contributed by atoms with Crippen molar-refractivity contribution in [3.05, 3.63) is 64.4 Å². The summed E-state index contributed by atoms with van der Waals surface area (Å²) in [7, 11) is 0. The number of hydrogen-bond donors (Lipinski definition) is 1. The van der Waals surface area contributed by atoms with Crippen LogP contribution >= 0.6 is 11.6 Å². The van der Waals surface area contributed by atoms with Gasteiger partial charge < -0.3 is 5.32 Å². The lowest BCUT2D eigenvalue weighted by atomic mass is 10.1. The van der Waals surface area contributed by atoms with Crippen molar-refractivity contribution in [3.8, 4) is 0 Å². The van der Waals surface area contributed by atoms with Crippen molar-refractivity contribution in [1.29, 1.82) is 0 Å². The second-order valence-corrected chi connectivity index (χ2v) is 4.34. The molecule has 0 saturated heterocycles. The van der Waals surface area contributed by atoms with E-state index in [1.54, 1.807) is 12.1 Å². The fourth-order valence-electron chi connectivity index (χ4n) is 1.63. The summed E-state index contributed by atoms with van der Waals surface area (Å²) in [5.41, 5.74) is 2.50. The van der Waals surface area contributed by atoms with Gasteiger partial charge in [0.2, 0.25) is 0 Å². The third-order valence-corrected chi connectivity index (χ3v) is 2.87. The summed E-state index contributed by atoms with van der Waals surface area (Å²) in [5.74, 6) is -0.199. The van der Waals surface area contributed by atoms with Crippen LogP contribution in [0.4, 0.5) is 10.1 Å². The maximum absolute atomic E-state index is 13.5. The van der Waals surface area contributed by atoms with E-state index in [-0.39, 0.29) is 5.82 Å². The van der Waals surface area contributed by atoms with Crippen LogP contribution in [0.25, 0.3) is 0 Å². The molecule has 0 aliphatic rings. The Balaban J connectivity index is 2.12. The monoisotopic (exact) mass is 249 g/mol. The molecular formula is C14H13ClFN. The van der Waals surface area contributed by atoms with Gasteiger partial charge in [0.1, 0.15) is 5.82 Å². The van der Waals surface area contributed by atoms with Crippen LogP contribution < -0.4 is 5.32 Å². The lowest BCUT2D eigenvalue weighted by Gasteiger charge is -2.09. The van der Waals surface area contributed by atoms with Gasteiger partial charge in [0.05, 0.1) is 10.7 Å². The second-order valence-electron chi connectivity index (χ2n) is 3.93. The highest BCUT2D eigenvalue weighted by molar-refractivity contribution is 6.33. The smallest absolute Gasteiger partial charge is 0.128 e. The standard InChI is InChI=1S/C14H13ClFN/c1-10-6-7-13(16)11(8-10)9-17-14-5-3-2-4-12(14)15/h2-8,17H,9H2,1H3. The minimum absolute atomic E-state index is 0.199. The summed E-state index contributed by atoms with van der Waals surface area (Å²) in [4.78, 5) is 0. The van der Waals surface area contributed by atoms with Crippen LogP contribution in [0.5, 0.6) is 0 Å². The topological polar surface area (TPSA) is 12.0 Å². The van der Waals surface area contributed by atoms with Gasteiger partial charge in [-0.3, -0.25) is 0 Å². The molecule has 0 atom stereocenters. The van der Waals surface area contributed by atoms with Gasteiger partial charge in [-0.25, -0.2) is 4.39 Å². The maximum Gasteiger partial charge on any atom is 0.128 e. The molecule has 0 aromatic heterocycles. The Morgan fingerprint density at radius 2 is 1.94 bits per heavy atom. The van der Waals surface area contributed by atoms with Crippen molar-refractivity contribution in [2.45, 2.75) is 13.5 Å². The van der Waals surface area contributed by atoms with Gasteiger partial charge >= 0.3 is 0 Å². The van der Waals surface area contributed by atoms with Crippen LogP contribution in [0.1, 0.15) is 11.1 Å². The molecule has 0 spiro atoms. The molecule has 1 nitrogen and oxygen atoms in total. The maximum atomic E-state index is 13.5. The molecule has 2 aromatic rings. The predicted molar refractivity (Wildman–Crippen MR) is 69.9 cm³/mol. The number of aryl methyl sites for hydroxylation is 1. The van der Waals surface area contributed by atoms with Crippen LogP contribution in [0, 0.1) is 12.7 Å². The van der Waals surface area contributed by atoms with Gasteiger partial charge in [-0.05, 0) is 25.1 Å². The molecule has 17 heavy (non-hydrogen) atoms. The number of hydrogen-bond acceptors (Lipinski definition) is 1. The summed E-state index contributed by atoms with van der Waals surface area (Å²) >= 11 is 6.01. The summed E-state index contributed by atoms with van der Waals surface area (Å²) in [6.45, 7) is 2.37. The third kappa shape index (κ3) is 2.98. The highest BCUT2D eigenvalue weighted by atomic mass is 35.5. The number of benzene rings is 2. The van der Waals surface area contributed by atoms with Gasteiger partial charge in [0, 0.05) is 12.1 Å². The Bertz CT molecular complexity index is 525. The molecule has 2 rings (SSSR count). The van der Waals surface area contributed by atoms with E-state index in [1.165, 1.54) is 6.07 Å². The molecule has 1 N–H and O–H groups in total. The van der Waals surface area contributed by atoms with E-state index in [4.69, 9.17) is 11.6 Å².